The zero-order valence-electron chi connectivity index (χ0n) is 8.54. The standard InChI is InChI=1S/C11H13N3O/c1-14-7-4-10(13-14)11(15)8-9-2-5-12-6-3-9/h2-7,11,15H,8H2,1H3. The molecule has 0 fully saturated rings. The molecule has 0 aromatic carbocycles. The van der Waals surface area contributed by atoms with Crippen LogP contribution in [-0.2, 0) is 13.5 Å². The molecule has 0 saturated heterocycles. The van der Waals surface area contributed by atoms with Crippen LogP contribution in [0.4, 0.5) is 0 Å². The smallest absolute Gasteiger partial charge is 0.102 e. The molecule has 4 heteroatoms. The lowest BCUT2D eigenvalue weighted by atomic mass is 10.1. The molecule has 0 saturated carbocycles. The van der Waals surface area contributed by atoms with Gasteiger partial charge in [-0.2, -0.15) is 5.10 Å². The van der Waals surface area contributed by atoms with E-state index >= 15 is 0 Å². The van der Waals surface area contributed by atoms with E-state index in [1.165, 1.54) is 0 Å². The number of pyridine rings is 1. The van der Waals surface area contributed by atoms with Crippen LogP contribution in [-0.4, -0.2) is 19.9 Å². The number of aromatic nitrogens is 3. The fourth-order valence-electron chi connectivity index (χ4n) is 1.46. The quantitative estimate of drug-likeness (QED) is 0.812. The van der Waals surface area contributed by atoms with Crippen molar-refractivity contribution < 1.29 is 5.11 Å². The van der Waals surface area contributed by atoms with E-state index in [0.29, 0.717) is 12.1 Å². The van der Waals surface area contributed by atoms with Gasteiger partial charge >= 0.3 is 0 Å². The van der Waals surface area contributed by atoms with Gasteiger partial charge in [-0.25, -0.2) is 0 Å². The summed E-state index contributed by atoms with van der Waals surface area (Å²) in [5.41, 5.74) is 1.76. The van der Waals surface area contributed by atoms with Crippen LogP contribution in [0, 0.1) is 0 Å². The molecule has 0 aliphatic rings. The molecule has 0 aliphatic carbocycles. The van der Waals surface area contributed by atoms with Gasteiger partial charge in [0.25, 0.3) is 0 Å². The molecule has 15 heavy (non-hydrogen) atoms. The van der Waals surface area contributed by atoms with Crippen molar-refractivity contribution in [1.29, 1.82) is 0 Å². The molecule has 4 nitrogen and oxygen atoms in total. The molecule has 0 bridgehead atoms. The van der Waals surface area contributed by atoms with Crippen molar-refractivity contribution in [2.45, 2.75) is 12.5 Å². The van der Waals surface area contributed by atoms with Crippen LogP contribution in [0.15, 0.2) is 36.8 Å². The minimum Gasteiger partial charge on any atom is -0.386 e. The second kappa shape index (κ2) is 4.23. The van der Waals surface area contributed by atoms with Crippen molar-refractivity contribution >= 4 is 0 Å². The molecule has 2 aromatic rings. The van der Waals surface area contributed by atoms with E-state index in [9.17, 15) is 5.11 Å². The van der Waals surface area contributed by atoms with Gasteiger partial charge in [0.15, 0.2) is 0 Å². The predicted octanol–water partition coefficient (Wildman–Crippen LogP) is 1.09. The van der Waals surface area contributed by atoms with Gasteiger partial charge in [0.1, 0.15) is 6.10 Å². The summed E-state index contributed by atoms with van der Waals surface area (Å²) >= 11 is 0. The number of hydrogen-bond acceptors (Lipinski definition) is 3. The molecule has 1 N–H and O–H groups in total. The second-order valence-corrected chi connectivity index (χ2v) is 3.49. The molecule has 2 rings (SSSR count). The third-order valence-electron chi connectivity index (χ3n) is 2.25. The van der Waals surface area contributed by atoms with Gasteiger partial charge < -0.3 is 5.11 Å². The Morgan fingerprint density at radius 1 is 1.33 bits per heavy atom. The lowest BCUT2D eigenvalue weighted by molar-refractivity contribution is 0.172. The topological polar surface area (TPSA) is 50.9 Å². The highest BCUT2D eigenvalue weighted by atomic mass is 16.3. The van der Waals surface area contributed by atoms with Crippen LogP contribution in [0.2, 0.25) is 0 Å². The molecule has 0 radical (unpaired) electrons. The Morgan fingerprint density at radius 3 is 2.67 bits per heavy atom. The maximum atomic E-state index is 9.89. The summed E-state index contributed by atoms with van der Waals surface area (Å²) in [4.78, 5) is 3.93. The minimum atomic E-state index is -0.548. The van der Waals surface area contributed by atoms with Crippen molar-refractivity contribution in [2.24, 2.45) is 7.05 Å². The first kappa shape index (κ1) is 9.86. The third-order valence-corrected chi connectivity index (χ3v) is 2.25. The molecule has 0 spiro atoms. The van der Waals surface area contributed by atoms with E-state index < -0.39 is 6.10 Å². The van der Waals surface area contributed by atoms with Crippen LogP contribution < -0.4 is 0 Å². The molecule has 2 aromatic heterocycles. The molecule has 0 aliphatic heterocycles. The zero-order valence-corrected chi connectivity index (χ0v) is 8.54. The molecule has 0 amide bonds. The summed E-state index contributed by atoms with van der Waals surface area (Å²) in [5.74, 6) is 0. The number of aliphatic hydroxyl groups is 1. The number of hydrogen-bond donors (Lipinski definition) is 1. The molecule has 1 atom stereocenters. The predicted molar refractivity (Wildman–Crippen MR) is 56.1 cm³/mol. The van der Waals surface area contributed by atoms with E-state index in [1.807, 2.05) is 31.4 Å². The molecule has 2 heterocycles. The number of aryl methyl sites for hydroxylation is 1. The van der Waals surface area contributed by atoms with Crippen molar-refractivity contribution in [3.63, 3.8) is 0 Å². The van der Waals surface area contributed by atoms with Gasteiger partial charge in [-0.05, 0) is 23.8 Å². The first-order valence-electron chi connectivity index (χ1n) is 4.82. The van der Waals surface area contributed by atoms with E-state index in [-0.39, 0.29) is 0 Å². The summed E-state index contributed by atoms with van der Waals surface area (Å²) in [6.45, 7) is 0. The average Bonchev–Trinajstić information content (AvgIpc) is 2.66. The monoisotopic (exact) mass is 203 g/mol. The molecular formula is C11H13N3O. The van der Waals surface area contributed by atoms with E-state index in [0.717, 1.165) is 5.56 Å². The maximum Gasteiger partial charge on any atom is 0.102 e. The average molecular weight is 203 g/mol. The van der Waals surface area contributed by atoms with Crippen molar-refractivity contribution in [1.82, 2.24) is 14.8 Å². The van der Waals surface area contributed by atoms with E-state index in [1.54, 1.807) is 17.1 Å². The van der Waals surface area contributed by atoms with Crippen LogP contribution in [0.5, 0.6) is 0 Å². The van der Waals surface area contributed by atoms with Crippen molar-refractivity contribution in [3.05, 3.63) is 48.0 Å². The largest absolute Gasteiger partial charge is 0.386 e. The highest BCUT2D eigenvalue weighted by Gasteiger charge is 2.10. The summed E-state index contributed by atoms with van der Waals surface area (Å²) in [6, 6.07) is 5.62. The molecule has 78 valence electrons. The highest BCUT2D eigenvalue weighted by molar-refractivity contribution is 5.14. The Hall–Kier alpha value is -1.68. The van der Waals surface area contributed by atoms with Crippen LogP contribution >= 0.6 is 0 Å². The lowest BCUT2D eigenvalue weighted by Gasteiger charge is -2.06. The lowest BCUT2D eigenvalue weighted by Crippen LogP contribution is -2.03. The Balaban J connectivity index is 2.07. The van der Waals surface area contributed by atoms with Crippen molar-refractivity contribution in [3.8, 4) is 0 Å². The SMILES string of the molecule is Cn1ccc(C(O)Cc2ccncc2)n1. The van der Waals surface area contributed by atoms with Crippen LogP contribution in [0.25, 0.3) is 0 Å². The maximum absolute atomic E-state index is 9.89. The summed E-state index contributed by atoms with van der Waals surface area (Å²) in [5, 5.41) is 14.0. The van der Waals surface area contributed by atoms with Crippen molar-refractivity contribution in [2.75, 3.05) is 0 Å². The van der Waals surface area contributed by atoms with Gasteiger partial charge in [-0.3, -0.25) is 9.67 Å². The van der Waals surface area contributed by atoms with Gasteiger partial charge in [0.2, 0.25) is 0 Å². The van der Waals surface area contributed by atoms with E-state index in [2.05, 4.69) is 10.1 Å². The number of rotatable bonds is 3. The van der Waals surface area contributed by atoms with Crippen LogP contribution in [0.3, 0.4) is 0 Å². The van der Waals surface area contributed by atoms with Gasteiger partial charge in [-0.1, -0.05) is 0 Å². The summed E-state index contributed by atoms with van der Waals surface area (Å²) < 4.78 is 1.69. The first-order chi connectivity index (χ1) is 7.25. The highest BCUT2D eigenvalue weighted by Crippen LogP contribution is 2.15. The first-order valence-corrected chi connectivity index (χ1v) is 4.82. The minimum absolute atomic E-state index is 0.548. The number of aliphatic hydroxyl groups excluding tert-OH is 1. The Bertz CT molecular complexity index is 424. The molecular weight excluding hydrogens is 190 g/mol. The van der Waals surface area contributed by atoms with Gasteiger partial charge in [0, 0.05) is 32.1 Å². The Labute approximate surface area is 88.2 Å². The fourth-order valence-corrected chi connectivity index (χ4v) is 1.46. The van der Waals surface area contributed by atoms with Gasteiger partial charge in [-0.15, -0.1) is 0 Å². The zero-order chi connectivity index (χ0) is 10.7. The summed E-state index contributed by atoms with van der Waals surface area (Å²) in [6.07, 6.45) is 5.29. The summed E-state index contributed by atoms with van der Waals surface area (Å²) in [7, 11) is 1.84. The molecule has 1 unspecified atom stereocenters. The second-order valence-electron chi connectivity index (χ2n) is 3.49. The Kier molecular flexibility index (Phi) is 2.78. The number of nitrogens with zero attached hydrogens (tertiary/aromatic N) is 3. The van der Waals surface area contributed by atoms with Crippen LogP contribution in [0.1, 0.15) is 17.4 Å². The fraction of sp³-hybridized carbons (Fsp3) is 0.273. The normalized spacial score (nSPS) is 12.7. The third kappa shape index (κ3) is 2.41. The van der Waals surface area contributed by atoms with Gasteiger partial charge in [0.05, 0.1) is 5.69 Å². The Morgan fingerprint density at radius 2 is 2.07 bits per heavy atom. The van der Waals surface area contributed by atoms with E-state index in [4.69, 9.17) is 0 Å².